The SMILES string of the molecule is CC1(C)CCC2(CC1)C[C@@H](C(=O)C[C@@H]1CC[C@@H](C(=O)CC3CC3)OC1)[C@H](c1ccnc(Cl)c1F)[C@]21C(=O)Nc2nc(Cl)ccc21.CC1(C)CCC2(CC1)C[C@@H](C(=O)O)[C@H](c1ccnc(Cl)c1F)[C@]21C(=O)Nc2nc(Cl)ccc21.Cl.N[C@@H]1CC[C@@H](C(=O)CC2CC2)OC1. The number of aliphatic carboxylic acids is 1. The lowest BCUT2D eigenvalue weighted by atomic mass is 9.51. The van der Waals surface area contributed by atoms with Crippen molar-refractivity contribution < 1.29 is 52.1 Å². The summed E-state index contributed by atoms with van der Waals surface area (Å²) in [5.41, 5.74) is 3.57. The Morgan fingerprint density at radius 1 is 0.565 bits per heavy atom. The number of Topliss-reactive ketones (excluding diaryl/α,β-unsaturated/α-hetero) is 3. The lowest BCUT2D eigenvalue weighted by Crippen LogP contribution is -2.52. The van der Waals surface area contributed by atoms with Crippen LogP contribution in [-0.2, 0) is 49.1 Å². The number of carbonyl (C=O) groups is 6. The van der Waals surface area contributed by atoms with Gasteiger partial charge < -0.3 is 30.9 Å². The van der Waals surface area contributed by atoms with Crippen molar-refractivity contribution in [1.29, 1.82) is 0 Å². The van der Waals surface area contributed by atoms with E-state index < -0.39 is 62.9 Å². The molecule has 2 amide bonds. The number of anilines is 2. The smallest absolute Gasteiger partial charge is 0.307 e. The Labute approximate surface area is 561 Å². The van der Waals surface area contributed by atoms with Crippen LogP contribution in [0.1, 0.15) is 197 Å². The minimum absolute atomic E-state index is 0. The Kier molecular flexibility index (Phi) is 19.6. The van der Waals surface area contributed by atoms with Crippen molar-refractivity contribution in [1.82, 2.24) is 19.9 Å². The Morgan fingerprint density at radius 2 is 0.967 bits per heavy atom. The number of rotatable bonds is 12. The average Bonchev–Trinajstić information content (AvgIpc) is 1.51. The van der Waals surface area contributed by atoms with Crippen molar-refractivity contribution in [3.8, 4) is 0 Å². The second-order valence-corrected chi connectivity index (χ2v) is 31.2. The van der Waals surface area contributed by atoms with Gasteiger partial charge in [-0.05, 0) is 190 Å². The maximum atomic E-state index is 16.1. The third-order valence-corrected chi connectivity index (χ3v) is 23.9. The number of carbonyl (C=O) groups excluding carboxylic acids is 5. The Hall–Kier alpha value is -4.79. The molecule has 5 N–H and O–H groups in total. The van der Waals surface area contributed by atoms with Crippen molar-refractivity contribution in [2.45, 2.75) is 203 Å². The van der Waals surface area contributed by atoms with Gasteiger partial charge in [-0.15, -0.1) is 12.4 Å². The van der Waals surface area contributed by atoms with Gasteiger partial charge in [-0.25, -0.2) is 28.7 Å². The van der Waals surface area contributed by atoms with E-state index in [1.807, 2.05) is 6.07 Å². The lowest BCUT2D eigenvalue weighted by molar-refractivity contribution is -0.142. The van der Waals surface area contributed by atoms with Gasteiger partial charge >= 0.3 is 5.97 Å². The molecule has 496 valence electrons. The van der Waals surface area contributed by atoms with Gasteiger partial charge in [0, 0.05) is 66.6 Å². The molecule has 0 aromatic carbocycles. The quantitative estimate of drug-likeness (QED) is 0.0965. The number of nitrogens with zero attached hydrogens (tertiary/aromatic N) is 4. The molecule has 4 aliphatic heterocycles. The van der Waals surface area contributed by atoms with Crippen LogP contribution in [0.5, 0.6) is 0 Å². The molecule has 23 heteroatoms. The Bertz CT molecular complexity index is 3540. The number of carboxylic acid groups (broad SMARTS) is 1. The third-order valence-electron chi connectivity index (χ3n) is 22.9. The molecule has 8 heterocycles. The second-order valence-electron chi connectivity index (χ2n) is 29.7. The minimum atomic E-state index is -1.31. The number of hydrogen-bond acceptors (Lipinski definition) is 13. The summed E-state index contributed by atoms with van der Waals surface area (Å²) in [6.45, 7) is 9.73. The summed E-state index contributed by atoms with van der Waals surface area (Å²) in [7, 11) is 0. The summed E-state index contributed by atoms with van der Waals surface area (Å²) >= 11 is 24.7. The standard InChI is InChI=1S/C35H40Cl2FN3O4.C24H24Cl2FN3O3.C10H17NO2.ClH/c1-33(2)10-12-34(13-11-33)17-22(24(42)16-20-5-7-26(45-18-20)25(43)15-19-3-4-19)28(21-9-14-39-30(37)29(21)38)35(34)23-6-8-27(36)40-31(23)41-32(35)44;1-22(2)6-8-23(9-7-22)11-13(20(31)32)16(12-5-10-28-18(26)17(12)27)24(23)14-3-4-15(25)29-19(14)30-21(24)33;11-8-3-4-10(13-6-8)9(12)5-7-1-2-7;/h6,8-9,14,19-20,22,26,28H,3-5,7,10-13,15-18H2,1-2H3,(H,40,41,44);3-5,10,13,16H,6-9,11H2,1-2H3,(H,31,32)(H,29,30,33);7-8,10H,1-6,11H2;1H/t20-,22-,26-,28-,35+;13-,16+,24-;8-,10+;/m011./s1. The molecule has 4 spiro atoms. The molecule has 2 saturated heterocycles. The highest BCUT2D eigenvalue weighted by atomic mass is 35.5. The first-order valence-electron chi connectivity index (χ1n) is 32.6. The molecule has 4 aromatic heterocycles. The number of aromatic nitrogens is 4. The molecule has 10 atom stereocenters. The van der Waals surface area contributed by atoms with Gasteiger partial charge in [0.2, 0.25) is 11.8 Å². The number of ketones is 3. The van der Waals surface area contributed by atoms with Gasteiger partial charge in [0.05, 0.1) is 30.0 Å². The van der Waals surface area contributed by atoms with Crippen molar-refractivity contribution in [3.63, 3.8) is 0 Å². The van der Waals surface area contributed by atoms with Crippen LogP contribution in [0.2, 0.25) is 20.6 Å². The van der Waals surface area contributed by atoms with Crippen LogP contribution in [0.15, 0.2) is 48.8 Å². The number of halogens is 7. The fraction of sp³-hybridized carbons (Fsp3) is 0.623. The molecule has 4 aromatic rings. The van der Waals surface area contributed by atoms with Gasteiger partial charge in [0.1, 0.15) is 39.9 Å². The number of pyridine rings is 4. The molecule has 14 rings (SSSR count). The maximum absolute atomic E-state index is 16.1. The number of fused-ring (bicyclic) bond motifs is 6. The van der Waals surface area contributed by atoms with Crippen molar-refractivity contribution in [2.24, 2.45) is 57.0 Å². The molecular formula is C69H82Cl5F2N7O9. The normalized spacial score (nSPS) is 30.9. The van der Waals surface area contributed by atoms with Gasteiger partial charge in [0.15, 0.2) is 33.5 Å². The highest BCUT2D eigenvalue weighted by Crippen LogP contribution is 2.74. The molecule has 10 aliphatic rings. The van der Waals surface area contributed by atoms with Crippen LogP contribution in [-0.4, -0.2) is 91.6 Å². The monoisotopic (exact) mass is 1370 g/mol. The first-order chi connectivity index (χ1) is 43.2. The van der Waals surface area contributed by atoms with E-state index in [2.05, 4.69) is 58.3 Å². The fourth-order valence-electron chi connectivity index (χ4n) is 17.6. The molecule has 6 aliphatic carbocycles. The lowest BCUT2D eigenvalue weighted by Gasteiger charge is -2.50. The highest BCUT2D eigenvalue weighted by molar-refractivity contribution is 6.30. The largest absolute Gasteiger partial charge is 0.481 e. The number of amides is 2. The molecule has 0 unspecified atom stereocenters. The van der Waals surface area contributed by atoms with Gasteiger partial charge in [-0.3, -0.25) is 28.8 Å². The van der Waals surface area contributed by atoms with E-state index in [1.54, 1.807) is 24.3 Å². The van der Waals surface area contributed by atoms with E-state index in [1.165, 1.54) is 31.3 Å². The average molecular weight is 1370 g/mol. The summed E-state index contributed by atoms with van der Waals surface area (Å²) in [6, 6.07) is 10.0. The summed E-state index contributed by atoms with van der Waals surface area (Å²) in [5, 5.41) is 16.0. The van der Waals surface area contributed by atoms with E-state index in [0.29, 0.717) is 98.5 Å². The third kappa shape index (κ3) is 12.6. The van der Waals surface area contributed by atoms with Gasteiger partial charge in [-0.2, -0.15) is 0 Å². The van der Waals surface area contributed by atoms with Crippen LogP contribution in [0.3, 0.4) is 0 Å². The molecular weight excluding hydrogens is 1290 g/mol. The first kappa shape index (κ1) is 68.6. The zero-order valence-corrected chi connectivity index (χ0v) is 56.3. The number of nitrogens with two attached hydrogens (primary N) is 1. The molecule has 16 nitrogen and oxygen atoms in total. The van der Waals surface area contributed by atoms with E-state index in [0.717, 1.165) is 64.2 Å². The van der Waals surface area contributed by atoms with E-state index in [-0.39, 0.29) is 115 Å². The van der Waals surface area contributed by atoms with Crippen LogP contribution in [0, 0.1) is 62.9 Å². The summed E-state index contributed by atoms with van der Waals surface area (Å²) in [4.78, 5) is 96.6. The summed E-state index contributed by atoms with van der Waals surface area (Å²) in [6.07, 6.45) is 18.5. The molecule has 8 fully saturated rings. The molecule has 0 bridgehead atoms. The number of hydrogen-bond donors (Lipinski definition) is 4. The minimum Gasteiger partial charge on any atom is -0.481 e. The number of ether oxygens (including phenoxy) is 2. The van der Waals surface area contributed by atoms with Crippen LogP contribution < -0.4 is 16.4 Å². The van der Waals surface area contributed by atoms with E-state index in [4.69, 9.17) is 61.6 Å². The van der Waals surface area contributed by atoms with Crippen molar-refractivity contribution in [2.75, 3.05) is 23.8 Å². The number of carboxylic acids is 1. The second kappa shape index (κ2) is 26.3. The summed E-state index contributed by atoms with van der Waals surface area (Å²) < 4.78 is 43.0. The van der Waals surface area contributed by atoms with Gasteiger partial charge in [-0.1, -0.05) is 86.2 Å². The van der Waals surface area contributed by atoms with Crippen LogP contribution >= 0.6 is 58.8 Å². The zero-order chi connectivity index (χ0) is 64.7. The van der Waals surface area contributed by atoms with Crippen LogP contribution in [0.4, 0.5) is 20.4 Å². The number of nitrogens with one attached hydrogen (secondary N) is 2. The van der Waals surface area contributed by atoms with Crippen LogP contribution in [0.25, 0.3) is 0 Å². The fourth-order valence-corrected chi connectivity index (χ4v) is 18.3. The Morgan fingerprint density at radius 3 is 1.37 bits per heavy atom. The highest BCUT2D eigenvalue weighted by Gasteiger charge is 2.75. The molecule has 0 radical (unpaired) electrons. The molecule has 92 heavy (non-hydrogen) atoms. The summed E-state index contributed by atoms with van der Waals surface area (Å²) in [5.74, 6) is -4.27. The molecule has 6 saturated carbocycles. The Balaban J connectivity index is 0.000000161. The first-order valence-corrected chi connectivity index (χ1v) is 34.1. The van der Waals surface area contributed by atoms with Crippen molar-refractivity contribution in [3.05, 3.63) is 103 Å². The van der Waals surface area contributed by atoms with Gasteiger partial charge in [0.25, 0.3) is 0 Å². The zero-order valence-electron chi connectivity index (χ0n) is 52.4. The topological polar surface area (TPSA) is 243 Å². The maximum Gasteiger partial charge on any atom is 0.307 e. The van der Waals surface area contributed by atoms with Crippen molar-refractivity contribution >= 4 is 106 Å². The predicted molar refractivity (Wildman–Crippen MR) is 347 cm³/mol. The van der Waals surface area contributed by atoms with E-state index in [9.17, 15) is 33.9 Å². The van der Waals surface area contributed by atoms with E-state index >= 15 is 8.78 Å². The predicted octanol–water partition coefficient (Wildman–Crippen LogP) is 14.5.